The first-order chi connectivity index (χ1) is 10.1. The largest absolute Gasteiger partial charge is 0.345 e. The summed E-state index contributed by atoms with van der Waals surface area (Å²) in [4.78, 5) is 10.4. The van der Waals surface area contributed by atoms with Crippen molar-refractivity contribution in [1.82, 2.24) is 14.3 Å². The predicted octanol–water partition coefficient (Wildman–Crippen LogP) is 1.70. The molecule has 2 aromatic heterocycles. The van der Waals surface area contributed by atoms with E-state index in [-0.39, 0.29) is 10.0 Å². The van der Waals surface area contributed by atoms with Crippen LogP contribution in [0.4, 0.5) is 5.13 Å². The molecule has 0 bridgehead atoms. The molecule has 3 heterocycles. The number of anilines is 1. The topological polar surface area (TPSA) is 66.4 Å². The quantitative estimate of drug-likeness (QED) is 0.793. The van der Waals surface area contributed by atoms with Gasteiger partial charge in [0.25, 0.3) is 0 Å². The summed E-state index contributed by atoms with van der Waals surface area (Å²) in [5.41, 5.74) is 0. The van der Waals surface area contributed by atoms with E-state index in [9.17, 15) is 8.42 Å². The standard InChI is InChI=1S/C12H13ClN4O2S2/c13-11-2-1-10(9-15-11)21(18,19)17-6-4-16(5-7-17)12-14-3-8-20-12/h1-3,8-9H,4-7H2. The van der Waals surface area contributed by atoms with Gasteiger partial charge >= 0.3 is 0 Å². The second kappa shape index (κ2) is 5.88. The van der Waals surface area contributed by atoms with Gasteiger partial charge in [0.05, 0.1) is 0 Å². The van der Waals surface area contributed by atoms with Crippen molar-refractivity contribution < 1.29 is 8.42 Å². The van der Waals surface area contributed by atoms with Crippen molar-refractivity contribution in [1.29, 1.82) is 0 Å². The average Bonchev–Trinajstić information content (AvgIpc) is 3.02. The third kappa shape index (κ3) is 3.03. The Bertz CT molecular complexity index is 695. The van der Waals surface area contributed by atoms with Gasteiger partial charge in [0, 0.05) is 44.0 Å². The molecule has 1 saturated heterocycles. The Hall–Kier alpha value is -1.22. The third-order valence-corrected chi connectivity index (χ3v) is 6.20. The Morgan fingerprint density at radius 3 is 2.48 bits per heavy atom. The molecule has 0 aromatic carbocycles. The fraction of sp³-hybridized carbons (Fsp3) is 0.333. The van der Waals surface area contributed by atoms with E-state index in [1.165, 1.54) is 22.6 Å². The van der Waals surface area contributed by atoms with Gasteiger partial charge in [0.15, 0.2) is 5.13 Å². The second-order valence-corrected chi connectivity index (χ2v) is 7.72. The lowest BCUT2D eigenvalue weighted by atomic mass is 10.4. The number of aromatic nitrogens is 2. The summed E-state index contributed by atoms with van der Waals surface area (Å²) >= 11 is 7.25. The normalized spacial score (nSPS) is 17.1. The van der Waals surface area contributed by atoms with Gasteiger partial charge in [-0.05, 0) is 12.1 Å². The molecule has 0 saturated carbocycles. The van der Waals surface area contributed by atoms with Crippen molar-refractivity contribution in [3.8, 4) is 0 Å². The van der Waals surface area contributed by atoms with Crippen molar-refractivity contribution in [3.63, 3.8) is 0 Å². The number of hydrogen-bond acceptors (Lipinski definition) is 6. The number of piperazine rings is 1. The van der Waals surface area contributed by atoms with Crippen LogP contribution in [0.3, 0.4) is 0 Å². The van der Waals surface area contributed by atoms with Gasteiger partial charge < -0.3 is 4.90 Å². The molecule has 0 spiro atoms. The minimum atomic E-state index is -3.50. The van der Waals surface area contributed by atoms with Crippen LogP contribution in [0, 0.1) is 0 Å². The molecule has 1 aliphatic rings. The van der Waals surface area contributed by atoms with Crippen LogP contribution in [0.1, 0.15) is 0 Å². The number of nitrogens with zero attached hydrogens (tertiary/aromatic N) is 4. The van der Waals surface area contributed by atoms with Crippen LogP contribution in [-0.2, 0) is 10.0 Å². The van der Waals surface area contributed by atoms with Crippen LogP contribution in [0.25, 0.3) is 0 Å². The molecule has 0 amide bonds. The molecule has 0 N–H and O–H groups in total. The molecule has 1 aliphatic heterocycles. The highest BCUT2D eigenvalue weighted by atomic mass is 35.5. The zero-order valence-corrected chi connectivity index (χ0v) is 13.4. The Morgan fingerprint density at radius 2 is 1.90 bits per heavy atom. The molecule has 1 fully saturated rings. The van der Waals surface area contributed by atoms with Crippen molar-refractivity contribution >= 4 is 38.1 Å². The zero-order valence-electron chi connectivity index (χ0n) is 11.0. The number of rotatable bonds is 3. The van der Waals surface area contributed by atoms with E-state index >= 15 is 0 Å². The van der Waals surface area contributed by atoms with Gasteiger partial charge in [0.1, 0.15) is 10.0 Å². The maximum Gasteiger partial charge on any atom is 0.244 e. The number of thiazole rings is 1. The predicted molar refractivity (Wildman–Crippen MR) is 82.3 cm³/mol. The molecule has 0 atom stereocenters. The third-order valence-electron chi connectivity index (χ3n) is 3.27. The number of sulfonamides is 1. The Kier molecular flexibility index (Phi) is 4.12. The van der Waals surface area contributed by atoms with E-state index in [1.807, 2.05) is 5.38 Å². The van der Waals surface area contributed by atoms with E-state index in [0.717, 1.165) is 5.13 Å². The molecular formula is C12H13ClN4O2S2. The van der Waals surface area contributed by atoms with Crippen molar-refractivity contribution in [2.45, 2.75) is 4.90 Å². The number of halogens is 1. The Morgan fingerprint density at radius 1 is 1.14 bits per heavy atom. The number of hydrogen-bond donors (Lipinski definition) is 0. The molecule has 3 rings (SSSR count). The van der Waals surface area contributed by atoms with E-state index in [2.05, 4.69) is 14.9 Å². The first-order valence-corrected chi connectivity index (χ1v) is 9.03. The van der Waals surface area contributed by atoms with Gasteiger partial charge in [-0.3, -0.25) is 0 Å². The maximum absolute atomic E-state index is 12.5. The lowest BCUT2D eigenvalue weighted by Crippen LogP contribution is -2.48. The molecule has 21 heavy (non-hydrogen) atoms. The van der Waals surface area contributed by atoms with Crippen molar-refractivity contribution in [3.05, 3.63) is 35.1 Å². The smallest absolute Gasteiger partial charge is 0.244 e. The van der Waals surface area contributed by atoms with Crippen LogP contribution in [0.15, 0.2) is 34.8 Å². The Labute approximate surface area is 132 Å². The first kappa shape index (κ1) is 14.7. The SMILES string of the molecule is O=S(=O)(c1ccc(Cl)nc1)N1CCN(c2nccs2)CC1. The molecule has 9 heteroatoms. The van der Waals surface area contributed by atoms with Gasteiger partial charge in [-0.25, -0.2) is 18.4 Å². The van der Waals surface area contributed by atoms with Crippen LogP contribution >= 0.6 is 22.9 Å². The van der Waals surface area contributed by atoms with Crippen LogP contribution in [0.5, 0.6) is 0 Å². The van der Waals surface area contributed by atoms with Gasteiger partial charge in [-0.2, -0.15) is 4.31 Å². The summed E-state index contributed by atoms with van der Waals surface area (Å²) in [6.45, 7) is 2.14. The molecule has 2 aromatic rings. The van der Waals surface area contributed by atoms with E-state index in [0.29, 0.717) is 26.2 Å². The highest BCUT2D eigenvalue weighted by Crippen LogP contribution is 2.22. The molecular weight excluding hydrogens is 332 g/mol. The van der Waals surface area contributed by atoms with E-state index < -0.39 is 10.0 Å². The van der Waals surface area contributed by atoms with Crippen LogP contribution < -0.4 is 4.90 Å². The molecule has 6 nitrogen and oxygen atoms in total. The highest BCUT2D eigenvalue weighted by Gasteiger charge is 2.29. The average molecular weight is 345 g/mol. The highest BCUT2D eigenvalue weighted by molar-refractivity contribution is 7.89. The fourth-order valence-corrected chi connectivity index (χ4v) is 4.33. The maximum atomic E-state index is 12.5. The summed E-state index contributed by atoms with van der Waals surface area (Å²) in [6, 6.07) is 2.97. The van der Waals surface area contributed by atoms with Gasteiger partial charge in [-0.15, -0.1) is 11.3 Å². The lowest BCUT2D eigenvalue weighted by Gasteiger charge is -2.33. The van der Waals surface area contributed by atoms with Gasteiger partial charge in [-0.1, -0.05) is 11.6 Å². The summed E-state index contributed by atoms with van der Waals surface area (Å²) in [5.74, 6) is 0. The summed E-state index contributed by atoms with van der Waals surface area (Å²) < 4.78 is 26.5. The second-order valence-electron chi connectivity index (χ2n) is 4.52. The first-order valence-electron chi connectivity index (χ1n) is 6.33. The monoisotopic (exact) mass is 344 g/mol. The molecule has 0 unspecified atom stereocenters. The lowest BCUT2D eigenvalue weighted by molar-refractivity contribution is 0.384. The molecule has 112 valence electrons. The van der Waals surface area contributed by atoms with E-state index in [4.69, 9.17) is 11.6 Å². The van der Waals surface area contributed by atoms with Crippen LogP contribution in [0.2, 0.25) is 5.15 Å². The fourth-order valence-electron chi connectivity index (χ4n) is 2.16. The Balaban J connectivity index is 1.72. The molecule has 0 aliphatic carbocycles. The molecule has 0 radical (unpaired) electrons. The summed E-state index contributed by atoms with van der Waals surface area (Å²) in [6.07, 6.45) is 3.05. The minimum Gasteiger partial charge on any atom is -0.345 e. The van der Waals surface area contributed by atoms with Crippen molar-refractivity contribution in [2.24, 2.45) is 0 Å². The minimum absolute atomic E-state index is 0.176. The summed E-state index contributed by atoms with van der Waals surface area (Å²) in [7, 11) is -3.50. The zero-order chi connectivity index (χ0) is 14.9. The van der Waals surface area contributed by atoms with Crippen molar-refractivity contribution in [2.75, 3.05) is 31.1 Å². The van der Waals surface area contributed by atoms with E-state index in [1.54, 1.807) is 17.5 Å². The summed E-state index contributed by atoms with van der Waals surface area (Å²) in [5, 5.41) is 3.13. The van der Waals surface area contributed by atoms with Gasteiger partial charge in [0.2, 0.25) is 10.0 Å². The van der Waals surface area contributed by atoms with Crippen LogP contribution in [-0.4, -0.2) is 48.9 Å². The number of pyridine rings is 1.